The van der Waals surface area contributed by atoms with Gasteiger partial charge in [-0.3, -0.25) is 4.99 Å². The van der Waals surface area contributed by atoms with Crippen molar-refractivity contribution in [3.63, 3.8) is 0 Å². The Morgan fingerprint density at radius 2 is 2.21 bits per heavy atom. The molecule has 0 amide bonds. The normalized spacial score (nSPS) is 20.8. The molecule has 4 nitrogen and oxygen atoms in total. The number of benzene rings is 1. The Balaban J connectivity index is 1.92. The lowest BCUT2D eigenvalue weighted by Gasteiger charge is -2.17. The molecular formula is C15H24N4. The smallest absolute Gasteiger partial charge is 0.193 e. The van der Waals surface area contributed by atoms with Crippen LogP contribution in [0.5, 0.6) is 0 Å². The first-order valence-electron chi connectivity index (χ1n) is 6.90. The van der Waals surface area contributed by atoms with E-state index in [2.05, 4.69) is 48.2 Å². The average Bonchev–Trinajstić information content (AvgIpc) is 2.77. The number of guanidine groups is 1. The zero-order valence-corrected chi connectivity index (χ0v) is 12.1. The van der Waals surface area contributed by atoms with Gasteiger partial charge in [0.15, 0.2) is 5.96 Å². The van der Waals surface area contributed by atoms with Gasteiger partial charge in [0, 0.05) is 11.7 Å². The van der Waals surface area contributed by atoms with Crippen molar-refractivity contribution < 1.29 is 0 Å². The molecule has 1 heterocycles. The molecule has 1 aromatic carbocycles. The van der Waals surface area contributed by atoms with Gasteiger partial charge in [-0.15, -0.1) is 0 Å². The largest absolute Gasteiger partial charge is 0.370 e. The van der Waals surface area contributed by atoms with E-state index < -0.39 is 0 Å². The summed E-state index contributed by atoms with van der Waals surface area (Å²) in [4.78, 5) is 6.80. The molecule has 104 valence electrons. The number of likely N-dealkylation sites (N-methyl/N-ethyl adjacent to an activating group) is 1. The predicted molar refractivity (Wildman–Crippen MR) is 81.7 cm³/mol. The van der Waals surface area contributed by atoms with Crippen LogP contribution in [-0.4, -0.2) is 37.0 Å². The first kappa shape index (κ1) is 13.9. The molecule has 19 heavy (non-hydrogen) atoms. The van der Waals surface area contributed by atoms with Crippen LogP contribution < -0.4 is 11.1 Å². The Bertz CT molecular complexity index is 467. The second-order valence-electron chi connectivity index (χ2n) is 5.43. The summed E-state index contributed by atoms with van der Waals surface area (Å²) >= 11 is 0. The van der Waals surface area contributed by atoms with Crippen LogP contribution in [0.3, 0.4) is 0 Å². The van der Waals surface area contributed by atoms with Gasteiger partial charge < -0.3 is 16.0 Å². The molecule has 0 saturated carbocycles. The summed E-state index contributed by atoms with van der Waals surface area (Å²) in [5.41, 5.74) is 9.49. The van der Waals surface area contributed by atoms with E-state index >= 15 is 0 Å². The topological polar surface area (TPSA) is 53.6 Å². The Kier molecular flexibility index (Phi) is 4.43. The van der Waals surface area contributed by atoms with Crippen LogP contribution in [0.25, 0.3) is 0 Å². The zero-order valence-electron chi connectivity index (χ0n) is 12.1. The van der Waals surface area contributed by atoms with E-state index in [-0.39, 0.29) is 0 Å². The molecule has 3 N–H and O–H groups in total. The standard InChI is InChI=1S/C15H24N4/c1-11-6-7-13(9-12(11)2)18-15(16)17-10-14-5-4-8-19(14)3/h6-7,9,14H,4-5,8,10H2,1-3H3,(H3,16,17,18). The number of likely N-dealkylation sites (tertiary alicyclic amines) is 1. The van der Waals surface area contributed by atoms with Crippen LogP contribution in [0.4, 0.5) is 5.69 Å². The van der Waals surface area contributed by atoms with Crippen LogP contribution in [0, 0.1) is 13.8 Å². The summed E-state index contributed by atoms with van der Waals surface area (Å²) in [7, 11) is 2.15. The Labute approximate surface area is 115 Å². The minimum Gasteiger partial charge on any atom is -0.370 e. The third-order valence-corrected chi connectivity index (χ3v) is 3.92. The van der Waals surface area contributed by atoms with Gasteiger partial charge in [-0.2, -0.15) is 0 Å². The maximum atomic E-state index is 5.94. The molecule has 1 unspecified atom stereocenters. The first-order chi connectivity index (χ1) is 9.06. The molecule has 0 spiro atoms. The lowest BCUT2D eigenvalue weighted by molar-refractivity contribution is 0.317. The number of hydrogen-bond acceptors (Lipinski definition) is 2. The predicted octanol–water partition coefficient (Wildman–Crippen LogP) is 2.12. The molecule has 1 fully saturated rings. The van der Waals surface area contributed by atoms with Crippen molar-refractivity contribution in [3.8, 4) is 0 Å². The fourth-order valence-electron chi connectivity index (χ4n) is 2.42. The summed E-state index contributed by atoms with van der Waals surface area (Å²) in [5, 5.41) is 3.16. The fraction of sp³-hybridized carbons (Fsp3) is 0.533. The molecule has 0 aromatic heterocycles. The summed E-state index contributed by atoms with van der Waals surface area (Å²) in [6.07, 6.45) is 2.48. The number of nitrogens with zero attached hydrogens (tertiary/aromatic N) is 2. The van der Waals surface area contributed by atoms with E-state index in [0.717, 1.165) is 12.2 Å². The van der Waals surface area contributed by atoms with Crippen molar-refractivity contribution in [2.24, 2.45) is 10.7 Å². The SMILES string of the molecule is Cc1ccc(NC(N)=NCC2CCCN2C)cc1C. The Morgan fingerprint density at radius 3 is 2.84 bits per heavy atom. The molecule has 1 saturated heterocycles. The zero-order chi connectivity index (χ0) is 13.8. The maximum absolute atomic E-state index is 5.94. The minimum atomic E-state index is 0.503. The highest BCUT2D eigenvalue weighted by Crippen LogP contribution is 2.15. The van der Waals surface area contributed by atoms with Crippen molar-refractivity contribution in [2.75, 3.05) is 25.5 Å². The van der Waals surface area contributed by atoms with Crippen LogP contribution in [-0.2, 0) is 0 Å². The monoisotopic (exact) mass is 260 g/mol. The van der Waals surface area contributed by atoms with Crippen LogP contribution in [0.2, 0.25) is 0 Å². The van der Waals surface area contributed by atoms with Gasteiger partial charge in [-0.05, 0) is 63.5 Å². The van der Waals surface area contributed by atoms with Gasteiger partial charge >= 0.3 is 0 Å². The number of nitrogens with one attached hydrogen (secondary N) is 1. The summed E-state index contributed by atoms with van der Waals surface area (Å²) in [6, 6.07) is 6.77. The maximum Gasteiger partial charge on any atom is 0.193 e. The first-order valence-corrected chi connectivity index (χ1v) is 6.90. The fourth-order valence-corrected chi connectivity index (χ4v) is 2.42. The highest BCUT2D eigenvalue weighted by atomic mass is 15.2. The van der Waals surface area contributed by atoms with Crippen LogP contribution in [0.15, 0.2) is 23.2 Å². The van der Waals surface area contributed by atoms with Gasteiger partial charge in [-0.1, -0.05) is 6.07 Å². The second-order valence-corrected chi connectivity index (χ2v) is 5.43. The number of aliphatic imine (C=N–C) groups is 1. The van der Waals surface area contributed by atoms with Crippen molar-refractivity contribution in [1.29, 1.82) is 0 Å². The number of hydrogen-bond donors (Lipinski definition) is 2. The van der Waals surface area contributed by atoms with E-state index in [1.807, 2.05) is 6.07 Å². The molecule has 0 bridgehead atoms. The van der Waals surface area contributed by atoms with E-state index in [1.165, 1.54) is 30.5 Å². The third kappa shape index (κ3) is 3.70. The van der Waals surface area contributed by atoms with Crippen LogP contribution in [0.1, 0.15) is 24.0 Å². The lowest BCUT2D eigenvalue weighted by atomic mass is 10.1. The highest BCUT2D eigenvalue weighted by Gasteiger charge is 2.19. The summed E-state index contributed by atoms with van der Waals surface area (Å²) in [5.74, 6) is 0.503. The summed E-state index contributed by atoms with van der Waals surface area (Å²) < 4.78 is 0. The Morgan fingerprint density at radius 1 is 1.42 bits per heavy atom. The molecule has 1 atom stereocenters. The van der Waals surface area contributed by atoms with Crippen LogP contribution >= 0.6 is 0 Å². The number of rotatable bonds is 3. The number of anilines is 1. The highest BCUT2D eigenvalue weighted by molar-refractivity contribution is 5.92. The van der Waals surface area contributed by atoms with E-state index in [9.17, 15) is 0 Å². The quantitative estimate of drug-likeness (QED) is 0.646. The molecule has 0 aliphatic carbocycles. The van der Waals surface area contributed by atoms with Gasteiger partial charge in [0.1, 0.15) is 0 Å². The van der Waals surface area contributed by atoms with Crippen molar-refractivity contribution in [3.05, 3.63) is 29.3 Å². The van der Waals surface area contributed by atoms with E-state index in [4.69, 9.17) is 5.73 Å². The summed E-state index contributed by atoms with van der Waals surface area (Å²) in [6.45, 7) is 6.15. The van der Waals surface area contributed by atoms with E-state index in [1.54, 1.807) is 0 Å². The second kappa shape index (κ2) is 6.06. The van der Waals surface area contributed by atoms with E-state index in [0.29, 0.717) is 12.0 Å². The third-order valence-electron chi connectivity index (χ3n) is 3.92. The van der Waals surface area contributed by atoms with Crippen molar-refractivity contribution >= 4 is 11.6 Å². The Hall–Kier alpha value is -1.55. The molecule has 0 radical (unpaired) electrons. The van der Waals surface area contributed by atoms with Gasteiger partial charge in [0.2, 0.25) is 0 Å². The molecule has 1 aliphatic rings. The van der Waals surface area contributed by atoms with Gasteiger partial charge in [0.25, 0.3) is 0 Å². The van der Waals surface area contributed by atoms with Gasteiger partial charge in [-0.25, -0.2) is 0 Å². The minimum absolute atomic E-state index is 0.503. The molecule has 4 heteroatoms. The molecule has 1 aromatic rings. The van der Waals surface area contributed by atoms with Crippen molar-refractivity contribution in [1.82, 2.24) is 4.90 Å². The number of aryl methyl sites for hydroxylation is 2. The lowest BCUT2D eigenvalue weighted by Crippen LogP contribution is -2.30. The molecule has 2 rings (SSSR count). The molecular weight excluding hydrogens is 236 g/mol. The number of nitrogens with two attached hydrogens (primary N) is 1. The molecule has 1 aliphatic heterocycles. The van der Waals surface area contributed by atoms with Crippen molar-refractivity contribution in [2.45, 2.75) is 32.7 Å². The average molecular weight is 260 g/mol. The van der Waals surface area contributed by atoms with Gasteiger partial charge in [0.05, 0.1) is 6.54 Å².